The second-order valence-corrected chi connectivity index (χ2v) is 8.99. The topological polar surface area (TPSA) is 68.7 Å². The van der Waals surface area contributed by atoms with E-state index in [-0.39, 0.29) is 12.2 Å². The second kappa shape index (κ2) is 9.18. The molecule has 31 heavy (non-hydrogen) atoms. The van der Waals surface area contributed by atoms with Gasteiger partial charge in [-0.3, -0.25) is 4.79 Å². The number of hydrogen-bond donors (Lipinski definition) is 1. The zero-order valence-corrected chi connectivity index (χ0v) is 19.2. The molecule has 1 unspecified atom stereocenters. The van der Waals surface area contributed by atoms with E-state index in [0.717, 1.165) is 11.3 Å². The summed E-state index contributed by atoms with van der Waals surface area (Å²) >= 11 is 3.13. The molecule has 0 saturated carbocycles. The van der Waals surface area contributed by atoms with Crippen LogP contribution in [0.5, 0.6) is 11.5 Å². The summed E-state index contributed by atoms with van der Waals surface area (Å²) in [4.78, 5) is 17.3. The number of ether oxygens (including phenoxy) is 2. The Morgan fingerprint density at radius 2 is 1.90 bits per heavy atom. The molecule has 1 N–H and O–H groups in total. The molecule has 0 aliphatic carbocycles. The number of ketones is 1. The van der Waals surface area contributed by atoms with E-state index < -0.39 is 6.10 Å². The molecule has 0 aliphatic rings. The summed E-state index contributed by atoms with van der Waals surface area (Å²) in [6, 6.07) is 11.3. The smallest absolute Gasteiger partial charge is 0.163 e. The van der Waals surface area contributed by atoms with Crippen molar-refractivity contribution in [3.05, 3.63) is 63.3 Å². The van der Waals surface area contributed by atoms with Crippen molar-refractivity contribution >= 4 is 38.5 Å². The number of hydrogen-bond acceptors (Lipinski definition) is 7. The van der Waals surface area contributed by atoms with Gasteiger partial charge in [0.1, 0.15) is 11.1 Å². The van der Waals surface area contributed by atoms with Crippen LogP contribution in [0.2, 0.25) is 0 Å². The highest BCUT2D eigenvalue weighted by molar-refractivity contribution is 7.18. The summed E-state index contributed by atoms with van der Waals surface area (Å²) < 4.78 is 11.7. The van der Waals surface area contributed by atoms with Crippen LogP contribution in [0.15, 0.2) is 47.2 Å². The first-order valence-corrected chi connectivity index (χ1v) is 11.6. The van der Waals surface area contributed by atoms with E-state index in [2.05, 4.69) is 35.5 Å². The Hall–Kier alpha value is -2.74. The largest absolute Gasteiger partial charge is 0.493 e. The highest BCUT2D eigenvalue weighted by Gasteiger charge is 2.18. The molecule has 0 aliphatic heterocycles. The molecule has 0 bridgehead atoms. The maximum Gasteiger partial charge on any atom is 0.163 e. The van der Waals surface area contributed by atoms with Crippen molar-refractivity contribution in [1.82, 2.24) is 4.98 Å². The van der Waals surface area contributed by atoms with E-state index in [9.17, 15) is 9.90 Å². The van der Waals surface area contributed by atoms with Gasteiger partial charge in [0.25, 0.3) is 0 Å². The third kappa shape index (κ3) is 4.35. The summed E-state index contributed by atoms with van der Waals surface area (Å²) in [6.07, 6.45) is -0.259. The van der Waals surface area contributed by atoms with Crippen molar-refractivity contribution in [2.45, 2.75) is 25.9 Å². The quantitative estimate of drug-likeness (QED) is 0.329. The van der Waals surface area contributed by atoms with Crippen LogP contribution >= 0.6 is 22.7 Å². The number of thiophene rings is 1. The average molecular weight is 454 g/mol. The predicted octanol–water partition coefficient (Wildman–Crippen LogP) is 6.05. The highest BCUT2D eigenvalue weighted by Crippen LogP contribution is 2.37. The molecule has 7 heteroatoms. The summed E-state index contributed by atoms with van der Waals surface area (Å²) in [6.45, 7) is 2.11. The standard InChI is InChI=1S/C24H23NO4S2/c1-14-5-4-6-16-17(12-30-23(14)16)18-13-31-24(25-18)20(27)9-8-19(26)15-7-10-21(28-2)22(11-15)29-3/h4-7,10-13,20,27H,8-9H2,1-3H3. The fraction of sp³-hybridized carbons (Fsp3) is 0.250. The summed E-state index contributed by atoms with van der Waals surface area (Å²) in [5.74, 6) is 1.03. The molecule has 4 rings (SSSR count). The number of carbonyl (C=O) groups excluding carboxylic acids is 1. The van der Waals surface area contributed by atoms with Crippen molar-refractivity contribution in [2.75, 3.05) is 14.2 Å². The Morgan fingerprint density at radius 1 is 1.10 bits per heavy atom. The van der Waals surface area contributed by atoms with Crippen LogP contribution < -0.4 is 9.47 Å². The van der Waals surface area contributed by atoms with E-state index in [1.165, 1.54) is 34.1 Å². The average Bonchev–Trinajstić information content (AvgIpc) is 3.44. The van der Waals surface area contributed by atoms with Gasteiger partial charge < -0.3 is 14.6 Å². The highest BCUT2D eigenvalue weighted by atomic mass is 32.1. The molecule has 5 nitrogen and oxygen atoms in total. The molecule has 2 aromatic carbocycles. The first kappa shape index (κ1) is 21.5. The van der Waals surface area contributed by atoms with Crippen LogP contribution in [0, 0.1) is 6.92 Å². The van der Waals surface area contributed by atoms with E-state index in [1.54, 1.807) is 36.6 Å². The number of benzene rings is 2. The Labute approximate surface area is 188 Å². The van der Waals surface area contributed by atoms with Crippen LogP contribution in [-0.4, -0.2) is 30.1 Å². The first-order chi connectivity index (χ1) is 15.0. The molecule has 0 fully saturated rings. The second-order valence-electron chi connectivity index (χ2n) is 7.22. The first-order valence-electron chi connectivity index (χ1n) is 9.87. The number of aryl methyl sites for hydroxylation is 1. The van der Waals surface area contributed by atoms with E-state index in [4.69, 9.17) is 9.47 Å². The summed E-state index contributed by atoms with van der Waals surface area (Å²) in [5.41, 5.74) is 3.73. The molecule has 2 heterocycles. The molecule has 0 spiro atoms. The SMILES string of the molecule is COc1ccc(C(=O)CCC(O)c2nc(-c3csc4c(C)cccc34)cs2)cc1OC. The third-order valence-electron chi connectivity index (χ3n) is 5.23. The summed E-state index contributed by atoms with van der Waals surface area (Å²) in [5, 5.41) is 16.5. The number of fused-ring (bicyclic) bond motifs is 1. The lowest BCUT2D eigenvalue weighted by molar-refractivity contribution is 0.0940. The minimum Gasteiger partial charge on any atom is -0.493 e. The number of aliphatic hydroxyl groups is 1. The normalized spacial score (nSPS) is 12.1. The van der Waals surface area contributed by atoms with Gasteiger partial charge in [-0.25, -0.2) is 4.98 Å². The van der Waals surface area contributed by atoms with Gasteiger partial charge in [0.05, 0.1) is 19.9 Å². The fourth-order valence-electron chi connectivity index (χ4n) is 3.51. The van der Waals surface area contributed by atoms with Gasteiger partial charge in [0.2, 0.25) is 0 Å². The van der Waals surface area contributed by atoms with Crippen molar-refractivity contribution in [3.63, 3.8) is 0 Å². The maximum atomic E-state index is 12.6. The predicted molar refractivity (Wildman–Crippen MR) is 126 cm³/mol. The van der Waals surface area contributed by atoms with Crippen LogP contribution in [0.4, 0.5) is 0 Å². The van der Waals surface area contributed by atoms with Crippen molar-refractivity contribution in [3.8, 4) is 22.8 Å². The maximum absolute atomic E-state index is 12.6. The lowest BCUT2D eigenvalue weighted by Gasteiger charge is -2.10. The number of methoxy groups -OCH3 is 2. The minimum atomic E-state index is -0.783. The van der Waals surface area contributed by atoms with Gasteiger partial charge in [0, 0.05) is 38.4 Å². The Kier molecular flexibility index (Phi) is 6.36. The van der Waals surface area contributed by atoms with Crippen LogP contribution in [0.1, 0.15) is 39.9 Å². The molecule has 160 valence electrons. The van der Waals surface area contributed by atoms with Crippen molar-refractivity contribution in [2.24, 2.45) is 0 Å². The molecule has 0 amide bonds. The third-order valence-corrected chi connectivity index (χ3v) is 7.31. The van der Waals surface area contributed by atoms with E-state index >= 15 is 0 Å². The van der Waals surface area contributed by atoms with Gasteiger partial charge in [-0.1, -0.05) is 18.2 Å². The molecule has 0 radical (unpaired) electrons. The van der Waals surface area contributed by atoms with E-state index in [0.29, 0.717) is 28.5 Å². The van der Waals surface area contributed by atoms with Gasteiger partial charge in [0.15, 0.2) is 17.3 Å². The Morgan fingerprint density at radius 3 is 2.68 bits per heavy atom. The molecule has 2 aromatic heterocycles. The van der Waals surface area contributed by atoms with Gasteiger partial charge in [-0.2, -0.15) is 0 Å². The van der Waals surface area contributed by atoms with Gasteiger partial charge in [-0.05, 0) is 37.1 Å². The number of aliphatic hydroxyl groups excluding tert-OH is 1. The number of aromatic nitrogens is 1. The minimum absolute atomic E-state index is 0.0592. The molecular formula is C24H23NO4S2. The lowest BCUT2D eigenvalue weighted by Crippen LogP contribution is -2.05. The van der Waals surface area contributed by atoms with Gasteiger partial charge in [-0.15, -0.1) is 22.7 Å². The molecular weight excluding hydrogens is 430 g/mol. The Balaban J connectivity index is 1.45. The van der Waals surface area contributed by atoms with Crippen molar-refractivity contribution < 1.29 is 19.4 Å². The molecule has 4 aromatic rings. The monoisotopic (exact) mass is 453 g/mol. The Bertz CT molecular complexity index is 1230. The number of thiazole rings is 1. The van der Waals surface area contributed by atoms with Crippen LogP contribution in [0.3, 0.4) is 0 Å². The fourth-order valence-corrected chi connectivity index (χ4v) is 5.39. The molecule has 0 saturated heterocycles. The van der Waals surface area contributed by atoms with Crippen LogP contribution in [0.25, 0.3) is 21.3 Å². The van der Waals surface area contributed by atoms with Gasteiger partial charge >= 0.3 is 0 Å². The zero-order valence-electron chi connectivity index (χ0n) is 17.5. The number of rotatable bonds is 8. The van der Waals surface area contributed by atoms with E-state index in [1.807, 2.05) is 5.38 Å². The summed E-state index contributed by atoms with van der Waals surface area (Å²) in [7, 11) is 3.09. The zero-order chi connectivity index (χ0) is 22.0. The molecule has 1 atom stereocenters. The lowest BCUT2D eigenvalue weighted by atomic mass is 10.0. The number of nitrogens with zero attached hydrogens (tertiary/aromatic N) is 1. The number of carbonyl (C=O) groups is 1. The number of Topliss-reactive ketones (excluding diaryl/α,β-unsaturated/α-hetero) is 1. The van der Waals surface area contributed by atoms with Crippen LogP contribution in [-0.2, 0) is 0 Å². The van der Waals surface area contributed by atoms with Crippen molar-refractivity contribution in [1.29, 1.82) is 0 Å².